The third kappa shape index (κ3) is 3.43. The molecule has 1 atom stereocenters. The summed E-state index contributed by atoms with van der Waals surface area (Å²) < 4.78 is 23.8. The minimum Gasteiger partial charge on any atom is -0.303 e. The molecule has 0 radical (unpaired) electrons. The molecule has 0 bridgehead atoms. The SMILES string of the molecule is O=C(c1ccccc1)N(c1cccc(Cl)c1Cl)C1CCS(=O)(=O)C1. The Morgan fingerprint density at radius 1 is 1.04 bits per heavy atom. The van der Waals surface area contributed by atoms with Gasteiger partial charge in [-0.05, 0) is 30.7 Å². The van der Waals surface area contributed by atoms with Gasteiger partial charge in [0.15, 0.2) is 9.84 Å². The van der Waals surface area contributed by atoms with Crippen LogP contribution in [0.1, 0.15) is 16.8 Å². The second-order valence-corrected chi connectivity index (χ2v) is 8.68. The number of rotatable bonds is 3. The molecular weight excluding hydrogens is 369 g/mol. The number of hydrogen-bond donors (Lipinski definition) is 0. The van der Waals surface area contributed by atoms with Crippen LogP contribution in [0, 0.1) is 0 Å². The minimum atomic E-state index is -3.16. The maximum Gasteiger partial charge on any atom is 0.258 e. The summed E-state index contributed by atoms with van der Waals surface area (Å²) in [7, 11) is -3.16. The van der Waals surface area contributed by atoms with Crippen molar-refractivity contribution in [2.45, 2.75) is 12.5 Å². The fourth-order valence-electron chi connectivity index (χ4n) is 2.85. The van der Waals surface area contributed by atoms with Gasteiger partial charge >= 0.3 is 0 Å². The average Bonchev–Trinajstić information content (AvgIpc) is 2.92. The number of carbonyl (C=O) groups excluding carboxylic acids is 1. The zero-order chi connectivity index (χ0) is 17.3. The van der Waals surface area contributed by atoms with Crippen LogP contribution in [0.25, 0.3) is 0 Å². The van der Waals surface area contributed by atoms with Crippen molar-refractivity contribution in [1.82, 2.24) is 0 Å². The molecule has 0 spiro atoms. The van der Waals surface area contributed by atoms with Gasteiger partial charge in [-0.1, -0.05) is 47.5 Å². The smallest absolute Gasteiger partial charge is 0.258 e. The largest absolute Gasteiger partial charge is 0.303 e. The van der Waals surface area contributed by atoms with Crippen LogP contribution in [-0.2, 0) is 9.84 Å². The van der Waals surface area contributed by atoms with Gasteiger partial charge in [-0.15, -0.1) is 0 Å². The zero-order valence-electron chi connectivity index (χ0n) is 12.7. The van der Waals surface area contributed by atoms with Crippen molar-refractivity contribution in [1.29, 1.82) is 0 Å². The molecule has 4 nitrogen and oxygen atoms in total. The van der Waals surface area contributed by atoms with E-state index in [1.54, 1.807) is 42.5 Å². The molecule has 3 rings (SSSR count). The summed E-state index contributed by atoms with van der Waals surface area (Å²) in [6, 6.07) is 13.3. The molecule has 2 aromatic rings. The summed E-state index contributed by atoms with van der Waals surface area (Å²) in [5.41, 5.74) is 0.901. The first-order valence-corrected chi connectivity index (χ1v) is 10.00. The van der Waals surface area contributed by atoms with Crippen molar-refractivity contribution < 1.29 is 13.2 Å². The van der Waals surface area contributed by atoms with Crippen LogP contribution in [-0.4, -0.2) is 31.9 Å². The summed E-state index contributed by atoms with van der Waals surface area (Å²) in [4.78, 5) is 14.5. The Morgan fingerprint density at radius 2 is 1.75 bits per heavy atom. The Morgan fingerprint density at radius 3 is 2.38 bits per heavy atom. The Kier molecular flexibility index (Phi) is 4.85. The van der Waals surface area contributed by atoms with Crippen LogP contribution in [0.2, 0.25) is 10.0 Å². The molecule has 7 heteroatoms. The van der Waals surface area contributed by atoms with Crippen LogP contribution in [0.4, 0.5) is 5.69 Å². The standard InChI is InChI=1S/C17H15Cl2NO3S/c18-14-7-4-8-15(16(14)19)20(13-9-10-24(22,23)11-13)17(21)12-5-2-1-3-6-12/h1-8,13H,9-11H2. The van der Waals surface area contributed by atoms with Crippen molar-refractivity contribution in [3.8, 4) is 0 Å². The molecule has 24 heavy (non-hydrogen) atoms. The lowest BCUT2D eigenvalue weighted by atomic mass is 10.1. The van der Waals surface area contributed by atoms with E-state index in [-0.39, 0.29) is 22.4 Å². The topological polar surface area (TPSA) is 54.5 Å². The number of sulfone groups is 1. The van der Waals surface area contributed by atoms with E-state index in [0.717, 1.165) is 0 Å². The van der Waals surface area contributed by atoms with E-state index in [0.29, 0.717) is 22.7 Å². The first kappa shape index (κ1) is 17.3. The minimum absolute atomic E-state index is 0.0639. The lowest BCUT2D eigenvalue weighted by Crippen LogP contribution is -2.41. The van der Waals surface area contributed by atoms with Gasteiger partial charge < -0.3 is 4.90 Å². The molecular formula is C17H15Cl2NO3S. The van der Waals surface area contributed by atoms with Crippen molar-refractivity contribution in [3.63, 3.8) is 0 Å². The maximum atomic E-state index is 13.0. The molecule has 2 aromatic carbocycles. The van der Waals surface area contributed by atoms with Gasteiger partial charge in [-0.25, -0.2) is 8.42 Å². The second kappa shape index (κ2) is 6.75. The summed E-state index contributed by atoms with van der Waals surface area (Å²) in [6.07, 6.45) is 0.379. The van der Waals surface area contributed by atoms with Crippen LogP contribution in [0.3, 0.4) is 0 Å². The van der Waals surface area contributed by atoms with Gasteiger partial charge in [0.25, 0.3) is 5.91 Å². The number of hydrogen-bond acceptors (Lipinski definition) is 3. The van der Waals surface area contributed by atoms with Gasteiger partial charge in [-0.2, -0.15) is 0 Å². The summed E-state index contributed by atoms with van der Waals surface area (Å²) >= 11 is 12.4. The first-order valence-electron chi connectivity index (χ1n) is 7.42. The fourth-order valence-corrected chi connectivity index (χ4v) is 4.94. The quantitative estimate of drug-likeness (QED) is 0.808. The number of benzene rings is 2. The first-order chi connectivity index (χ1) is 11.4. The number of amides is 1. The van der Waals surface area contributed by atoms with E-state index in [1.165, 1.54) is 4.90 Å². The molecule has 0 aromatic heterocycles. The van der Waals surface area contributed by atoms with Crippen LogP contribution >= 0.6 is 23.2 Å². The van der Waals surface area contributed by atoms with E-state index in [4.69, 9.17) is 23.2 Å². The highest BCUT2D eigenvalue weighted by molar-refractivity contribution is 7.91. The summed E-state index contributed by atoms with van der Waals surface area (Å²) in [5, 5.41) is 0.564. The van der Waals surface area contributed by atoms with Crippen LogP contribution in [0.15, 0.2) is 48.5 Å². The van der Waals surface area contributed by atoms with Crippen molar-refractivity contribution >= 4 is 44.6 Å². The molecule has 0 N–H and O–H groups in total. The number of halogens is 2. The Bertz CT molecular complexity index is 869. The molecule has 1 unspecified atom stereocenters. The summed E-state index contributed by atoms with van der Waals surface area (Å²) in [6.45, 7) is 0. The zero-order valence-corrected chi connectivity index (χ0v) is 15.0. The molecule has 0 aliphatic carbocycles. The van der Waals surface area contributed by atoms with E-state index in [9.17, 15) is 13.2 Å². The molecule has 1 fully saturated rings. The fraction of sp³-hybridized carbons (Fsp3) is 0.235. The van der Waals surface area contributed by atoms with Gasteiger partial charge in [0.05, 0.1) is 33.3 Å². The van der Waals surface area contributed by atoms with Crippen molar-refractivity contribution in [2.75, 3.05) is 16.4 Å². The highest BCUT2D eigenvalue weighted by Crippen LogP contribution is 2.36. The normalized spacial score (nSPS) is 19.2. The predicted octanol–water partition coefficient (Wildman–Crippen LogP) is 3.83. The van der Waals surface area contributed by atoms with Gasteiger partial charge in [0.1, 0.15) is 0 Å². The maximum absolute atomic E-state index is 13.0. The highest BCUT2D eigenvalue weighted by atomic mass is 35.5. The molecule has 1 aliphatic rings. The molecule has 1 aliphatic heterocycles. The van der Waals surface area contributed by atoms with Gasteiger partial charge in [-0.3, -0.25) is 4.79 Å². The summed E-state index contributed by atoms with van der Waals surface area (Å²) in [5.74, 6) is -0.301. The second-order valence-electron chi connectivity index (χ2n) is 5.67. The van der Waals surface area contributed by atoms with Crippen LogP contribution in [0.5, 0.6) is 0 Å². The van der Waals surface area contributed by atoms with E-state index < -0.39 is 15.9 Å². The Labute approximate surface area is 150 Å². The van der Waals surface area contributed by atoms with Crippen molar-refractivity contribution in [3.05, 3.63) is 64.1 Å². The number of carbonyl (C=O) groups is 1. The Hall–Kier alpha value is -1.56. The van der Waals surface area contributed by atoms with E-state index in [2.05, 4.69) is 0 Å². The molecule has 126 valence electrons. The molecule has 0 saturated carbocycles. The van der Waals surface area contributed by atoms with E-state index in [1.807, 2.05) is 6.07 Å². The monoisotopic (exact) mass is 383 g/mol. The van der Waals surface area contributed by atoms with Gasteiger partial charge in [0.2, 0.25) is 0 Å². The number of nitrogens with zero attached hydrogens (tertiary/aromatic N) is 1. The van der Waals surface area contributed by atoms with Gasteiger partial charge in [0, 0.05) is 5.56 Å². The molecule has 1 heterocycles. The lowest BCUT2D eigenvalue weighted by Gasteiger charge is -2.29. The highest BCUT2D eigenvalue weighted by Gasteiger charge is 2.36. The average molecular weight is 384 g/mol. The predicted molar refractivity (Wildman–Crippen MR) is 96.8 cm³/mol. The molecule has 1 saturated heterocycles. The third-order valence-corrected chi connectivity index (χ3v) is 6.56. The van der Waals surface area contributed by atoms with Crippen molar-refractivity contribution in [2.24, 2.45) is 0 Å². The van der Waals surface area contributed by atoms with Crippen LogP contribution < -0.4 is 4.90 Å². The Balaban J connectivity index is 2.08. The lowest BCUT2D eigenvalue weighted by molar-refractivity contribution is 0.0979. The number of anilines is 1. The van der Waals surface area contributed by atoms with E-state index >= 15 is 0 Å². The molecule has 1 amide bonds. The third-order valence-electron chi connectivity index (χ3n) is 4.00.